The van der Waals surface area contributed by atoms with Crippen LogP contribution in [0.3, 0.4) is 0 Å². The number of carbonyl (C=O) groups is 1. The molecule has 5 nitrogen and oxygen atoms in total. The van der Waals surface area contributed by atoms with Crippen molar-refractivity contribution >= 4 is 35.8 Å². The third kappa shape index (κ3) is 4.69. The smallest absolute Gasteiger partial charge is 0.222 e. The second kappa shape index (κ2) is 9.06. The molecule has 1 aromatic carbocycles. The fourth-order valence-corrected chi connectivity index (χ4v) is 3.83. The highest BCUT2D eigenvalue weighted by atomic mass is 127. The second-order valence-corrected chi connectivity index (χ2v) is 7.34. The van der Waals surface area contributed by atoms with Crippen molar-refractivity contribution in [2.45, 2.75) is 51.0 Å². The molecule has 1 atom stereocenters. The second-order valence-electron chi connectivity index (χ2n) is 7.34. The first-order valence-corrected chi connectivity index (χ1v) is 9.39. The first-order valence-electron chi connectivity index (χ1n) is 9.39. The van der Waals surface area contributed by atoms with E-state index in [4.69, 9.17) is 0 Å². The maximum atomic E-state index is 11.8. The van der Waals surface area contributed by atoms with E-state index in [-0.39, 0.29) is 41.3 Å². The van der Waals surface area contributed by atoms with Gasteiger partial charge in [-0.05, 0) is 37.3 Å². The average Bonchev–Trinajstić information content (AvgIpc) is 3.27. The van der Waals surface area contributed by atoms with Gasteiger partial charge in [0.1, 0.15) is 0 Å². The quantitative estimate of drug-likeness (QED) is 0.396. The average molecular weight is 470 g/mol. The maximum absolute atomic E-state index is 11.8. The van der Waals surface area contributed by atoms with Gasteiger partial charge in [-0.2, -0.15) is 0 Å². The summed E-state index contributed by atoms with van der Waals surface area (Å²) in [6.45, 7) is 6.64. The van der Waals surface area contributed by atoms with Crippen LogP contribution in [-0.2, 0) is 10.2 Å². The van der Waals surface area contributed by atoms with Crippen molar-refractivity contribution in [1.82, 2.24) is 15.5 Å². The lowest BCUT2D eigenvalue weighted by Gasteiger charge is -2.22. The van der Waals surface area contributed by atoms with E-state index >= 15 is 0 Å². The summed E-state index contributed by atoms with van der Waals surface area (Å²) < 4.78 is 0. The highest BCUT2D eigenvalue weighted by Gasteiger charge is 2.45. The number of nitrogens with one attached hydrogen (secondary N) is 2. The SMILES string of the molecule is CCC(=O)N1CCC(NC(=NC)NCC2(c3ccccc3C)CC2)C1.I. The van der Waals surface area contributed by atoms with Gasteiger partial charge in [-0.15, -0.1) is 24.0 Å². The molecule has 1 amide bonds. The lowest BCUT2D eigenvalue weighted by molar-refractivity contribution is -0.129. The van der Waals surface area contributed by atoms with Gasteiger partial charge in [0.15, 0.2) is 5.96 Å². The largest absolute Gasteiger partial charge is 0.356 e. The van der Waals surface area contributed by atoms with Crippen LogP contribution in [0.4, 0.5) is 0 Å². The minimum atomic E-state index is 0. The van der Waals surface area contributed by atoms with Gasteiger partial charge in [0.25, 0.3) is 0 Å². The number of rotatable bonds is 5. The summed E-state index contributed by atoms with van der Waals surface area (Å²) in [4.78, 5) is 18.1. The molecule has 1 unspecified atom stereocenters. The van der Waals surface area contributed by atoms with E-state index in [9.17, 15) is 4.79 Å². The van der Waals surface area contributed by atoms with Crippen LogP contribution in [0.25, 0.3) is 0 Å². The Kier molecular flexibility index (Phi) is 7.32. The van der Waals surface area contributed by atoms with E-state index in [0.717, 1.165) is 32.0 Å². The fourth-order valence-electron chi connectivity index (χ4n) is 3.83. The number of likely N-dealkylation sites (tertiary alicyclic amines) is 1. The zero-order chi connectivity index (χ0) is 17.9. The zero-order valence-corrected chi connectivity index (χ0v) is 18.4. The van der Waals surface area contributed by atoms with E-state index < -0.39 is 0 Å². The van der Waals surface area contributed by atoms with Crippen LogP contribution in [0.15, 0.2) is 29.3 Å². The van der Waals surface area contributed by atoms with Gasteiger partial charge in [0.05, 0.1) is 0 Å². The number of amides is 1. The molecule has 1 aromatic rings. The molecule has 0 aromatic heterocycles. The van der Waals surface area contributed by atoms with E-state index in [1.807, 2.05) is 18.9 Å². The van der Waals surface area contributed by atoms with Crippen molar-refractivity contribution < 1.29 is 4.79 Å². The van der Waals surface area contributed by atoms with Gasteiger partial charge in [-0.3, -0.25) is 9.79 Å². The predicted molar refractivity (Wildman–Crippen MR) is 117 cm³/mol. The lowest BCUT2D eigenvalue weighted by atomic mass is 9.92. The Morgan fingerprint density at radius 1 is 1.35 bits per heavy atom. The molecule has 0 spiro atoms. The topological polar surface area (TPSA) is 56.7 Å². The van der Waals surface area contributed by atoms with Gasteiger partial charge in [-0.1, -0.05) is 31.2 Å². The lowest BCUT2D eigenvalue weighted by Crippen LogP contribution is -2.47. The van der Waals surface area contributed by atoms with Gasteiger partial charge in [-0.25, -0.2) is 0 Å². The summed E-state index contributed by atoms with van der Waals surface area (Å²) >= 11 is 0. The summed E-state index contributed by atoms with van der Waals surface area (Å²) in [5.74, 6) is 1.08. The molecule has 1 saturated carbocycles. The number of hydrogen-bond donors (Lipinski definition) is 2. The molecule has 3 rings (SSSR count). The molecule has 26 heavy (non-hydrogen) atoms. The van der Waals surface area contributed by atoms with Crippen LogP contribution in [0.5, 0.6) is 0 Å². The van der Waals surface area contributed by atoms with Crippen LogP contribution >= 0.6 is 24.0 Å². The molecule has 0 bridgehead atoms. The number of guanidine groups is 1. The Morgan fingerprint density at radius 3 is 2.69 bits per heavy atom. The molecule has 2 N–H and O–H groups in total. The molecule has 6 heteroatoms. The molecule has 1 aliphatic heterocycles. The Morgan fingerprint density at radius 2 is 2.08 bits per heavy atom. The van der Waals surface area contributed by atoms with Gasteiger partial charge >= 0.3 is 0 Å². The number of benzene rings is 1. The number of nitrogens with zero attached hydrogens (tertiary/aromatic N) is 2. The molecule has 2 fully saturated rings. The molecular formula is C20H31IN4O. The van der Waals surface area contributed by atoms with Gasteiger partial charge < -0.3 is 15.5 Å². The Balaban J connectivity index is 0.00000243. The standard InChI is InChI=1S/C20H30N4O.HI/c1-4-18(25)24-12-9-16(13-24)23-19(21-3)22-14-20(10-11-20)17-8-6-5-7-15(17)2;/h5-8,16H,4,9-14H2,1-3H3,(H2,21,22,23);1H. The highest BCUT2D eigenvalue weighted by Crippen LogP contribution is 2.48. The van der Waals surface area contributed by atoms with E-state index in [1.165, 1.54) is 24.0 Å². The summed E-state index contributed by atoms with van der Waals surface area (Å²) in [7, 11) is 1.81. The summed E-state index contributed by atoms with van der Waals surface area (Å²) in [6.07, 6.45) is 4.02. The molecule has 1 heterocycles. The van der Waals surface area contributed by atoms with Crippen molar-refractivity contribution in [3.8, 4) is 0 Å². The molecule has 2 aliphatic rings. The predicted octanol–water partition coefficient (Wildman–Crippen LogP) is 2.82. The molecular weight excluding hydrogens is 439 g/mol. The first-order chi connectivity index (χ1) is 12.1. The molecule has 1 aliphatic carbocycles. The van der Waals surface area contributed by atoms with Crippen molar-refractivity contribution in [2.24, 2.45) is 4.99 Å². The fraction of sp³-hybridized carbons (Fsp3) is 0.600. The monoisotopic (exact) mass is 470 g/mol. The van der Waals surface area contributed by atoms with Crippen molar-refractivity contribution in [1.29, 1.82) is 0 Å². The minimum absolute atomic E-state index is 0. The van der Waals surface area contributed by atoms with Crippen LogP contribution in [0.2, 0.25) is 0 Å². The van der Waals surface area contributed by atoms with Gasteiger partial charge in [0.2, 0.25) is 5.91 Å². The number of hydrogen-bond acceptors (Lipinski definition) is 2. The third-order valence-electron chi connectivity index (χ3n) is 5.57. The van der Waals surface area contributed by atoms with Crippen molar-refractivity contribution in [3.05, 3.63) is 35.4 Å². The van der Waals surface area contributed by atoms with E-state index in [1.54, 1.807) is 0 Å². The van der Waals surface area contributed by atoms with Crippen LogP contribution in [0.1, 0.15) is 43.7 Å². The third-order valence-corrected chi connectivity index (χ3v) is 5.57. The zero-order valence-electron chi connectivity index (χ0n) is 16.0. The summed E-state index contributed by atoms with van der Waals surface area (Å²) in [5.41, 5.74) is 3.08. The van der Waals surface area contributed by atoms with Crippen molar-refractivity contribution in [2.75, 3.05) is 26.7 Å². The van der Waals surface area contributed by atoms with Crippen LogP contribution in [-0.4, -0.2) is 49.5 Å². The summed E-state index contributed by atoms with van der Waals surface area (Å²) in [5, 5.41) is 7.00. The van der Waals surface area contributed by atoms with Crippen molar-refractivity contribution in [3.63, 3.8) is 0 Å². The number of aryl methyl sites for hydroxylation is 1. The van der Waals surface area contributed by atoms with E-state index in [0.29, 0.717) is 6.42 Å². The highest BCUT2D eigenvalue weighted by molar-refractivity contribution is 14.0. The Labute approximate surface area is 174 Å². The Hall–Kier alpha value is -1.31. The number of carbonyl (C=O) groups excluding carboxylic acids is 1. The maximum Gasteiger partial charge on any atom is 0.222 e. The number of halogens is 1. The van der Waals surface area contributed by atoms with Gasteiger partial charge in [0, 0.05) is 44.6 Å². The normalized spacial score (nSPS) is 21.1. The molecule has 144 valence electrons. The first kappa shape index (κ1) is 21.0. The minimum Gasteiger partial charge on any atom is -0.356 e. The van der Waals surface area contributed by atoms with Crippen LogP contribution < -0.4 is 10.6 Å². The van der Waals surface area contributed by atoms with Crippen LogP contribution in [0, 0.1) is 6.92 Å². The molecule has 0 radical (unpaired) electrons. The summed E-state index contributed by atoms with van der Waals surface area (Å²) in [6, 6.07) is 8.97. The Bertz CT molecular complexity index is 657. The van der Waals surface area contributed by atoms with E-state index in [2.05, 4.69) is 46.8 Å². The number of aliphatic imine (C=N–C) groups is 1. The molecule has 1 saturated heterocycles.